The second kappa shape index (κ2) is 6.75. The fraction of sp³-hybridized carbons (Fsp3) is 0.800. The highest BCUT2D eigenvalue weighted by Crippen LogP contribution is 2.17. The molecule has 0 bridgehead atoms. The summed E-state index contributed by atoms with van der Waals surface area (Å²) in [5, 5.41) is 11.9. The molecular formula is C15H25N5O2. The topological polar surface area (TPSA) is 72.3 Å². The molecule has 0 aromatic carbocycles. The highest BCUT2D eigenvalue weighted by molar-refractivity contribution is 5.76. The van der Waals surface area contributed by atoms with E-state index in [1.54, 1.807) is 0 Å². The quantitative estimate of drug-likeness (QED) is 0.861. The second-order valence-electron chi connectivity index (χ2n) is 6.34. The molecule has 2 aliphatic heterocycles. The number of fused-ring (bicyclic) bond motifs is 1. The van der Waals surface area contributed by atoms with Crippen LogP contribution in [0.1, 0.15) is 37.8 Å². The Morgan fingerprint density at radius 3 is 2.95 bits per heavy atom. The number of amides is 1. The predicted octanol–water partition coefficient (Wildman–Crippen LogP) is 0.165. The molecule has 0 radical (unpaired) electrons. The number of carbonyl (C=O) groups is 1. The zero-order chi connectivity index (χ0) is 15.5. The Morgan fingerprint density at radius 2 is 2.23 bits per heavy atom. The standard InChI is InChI=1S/C15H25N5O2/c1-11(2)15-18-17-13-3-5-19(6-7-20(13)15)14(21)9-12-10-22-8-4-16-12/h11-12,16H,3-10H2,1-2H3/t12-/m0/s1. The predicted molar refractivity (Wildman–Crippen MR) is 81.6 cm³/mol. The largest absolute Gasteiger partial charge is 0.378 e. The van der Waals surface area contributed by atoms with Crippen molar-refractivity contribution >= 4 is 5.91 Å². The molecule has 3 rings (SSSR count). The van der Waals surface area contributed by atoms with Gasteiger partial charge in [0.1, 0.15) is 11.6 Å². The molecule has 22 heavy (non-hydrogen) atoms. The van der Waals surface area contributed by atoms with Gasteiger partial charge < -0.3 is 19.5 Å². The summed E-state index contributed by atoms with van der Waals surface area (Å²) in [5.74, 6) is 2.57. The maximum atomic E-state index is 12.5. The van der Waals surface area contributed by atoms with Crippen molar-refractivity contribution in [2.24, 2.45) is 0 Å². The molecule has 0 aliphatic carbocycles. The van der Waals surface area contributed by atoms with Gasteiger partial charge in [-0.25, -0.2) is 0 Å². The molecule has 0 unspecified atom stereocenters. The highest BCUT2D eigenvalue weighted by Gasteiger charge is 2.25. The maximum Gasteiger partial charge on any atom is 0.224 e. The molecule has 1 saturated heterocycles. The molecule has 122 valence electrons. The van der Waals surface area contributed by atoms with Crippen LogP contribution in [0.15, 0.2) is 0 Å². The van der Waals surface area contributed by atoms with E-state index in [4.69, 9.17) is 4.74 Å². The number of hydrogen-bond acceptors (Lipinski definition) is 5. The van der Waals surface area contributed by atoms with Gasteiger partial charge in [-0.2, -0.15) is 0 Å². The van der Waals surface area contributed by atoms with E-state index in [-0.39, 0.29) is 11.9 Å². The van der Waals surface area contributed by atoms with E-state index in [0.29, 0.717) is 18.9 Å². The lowest BCUT2D eigenvalue weighted by atomic mass is 10.1. The van der Waals surface area contributed by atoms with Gasteiger partial charge in [-0.1, -0.05) is 13.8 Å². The minimum atomic E-state index is 0.148. The Kier molecular flexibility index (Phi) is 4.73. The number of carbonyl (C=O) groups excluding carboxylic acids is 1. The number of nitrogens with one attached hydrogen (secondary N) is 1. The normalized spacial score (nSPS) is 22.5. The molecule has 3 heterocycles. The van der Waals surface area contributed by atoms with Crippen molar-refractivity contribution in [3.8, 4) is 0 Å². The first-order chi connectivity index (χ1) is 10.6. The van der Waals surface area contributed by atoms with Crippen LogP contribution >= 0.6 is 0 Å². The molecular weight excluding hydrogens is 282 g/mol. The monoisotopic (exact) mass is 307 g/mol. The van der Waals surface area contributed by atoms with Crippen LogP contribution in [-0.2, 0) is 22.5 Å². The van der Waals surface area contributed by atoms with E-state index in [2.05, 4.69) is 33.9 Å². The molecule has 1 aromatic heterocycles. The smallest absolute Gasteiger partial charge is 0.224 e. The zero-order valence-electron chi connectivity index (χ0n) is 13.4. The number of aromatic nitrogens is 3. The van der Waals surface area contributed by atoms with Crippen molar-refractivity contribution in [3.63, 3.8) is 0 Å². The lowest BCUT2D eigenvalue weighted by molar-refractivity contribution is -0.132. The maximum absolute atomic E-state index is 12.5. The Labute approximate surface area is 131 Å². The van der Waals surface area contributed by atoms with E-state index < -0.39 is 0 Å². The van der Waals surface area contributed by atoms with Gasteiger partial charge in [0.15, 0.2) is 0 Å². The van der Waals surface area contributed by atoms with Crippen molar-refractivity contribution in [2.45, 2.75) is 45.2 Å². The van der Waals surface area contributed by atoms with E-state index in [0.717, 1.165) is 50.9 Å². The van der Waals surface area contributed by atoms with E-state index in [1.165, 1.54) is 0 Å². The third-order valence-corrected chi connectivity index (χ3v) is 4.34. The second-order valence-corrected chi connectivity index (χ2v) is 6.34. The zero-order valence-corrected chi connectivity index (χ0v) is 13.4. The molecule has 1 amide bonds. The Balaban J connectivity index is 1.60. The summed E-state index contributed by atoms with van der Waals surface area (Å²) in [6, 6.07) is 0.148. The number of morpholine rings is 1. The minimum Gasteiger partial charge on any atom is -0.378 e. The molecule has 1 N–H and O–H groups in total. The molecule has 1 aromatic rings. The fourth-order valence-electron chi connectivity index (χ4n) is 3.11. The van der Waals surface area contributed by atoms with Crippen molar-refractivity contribution in [1.29, 1.82) is 0 Å². The van der Waals surface area contributed by atoms with Gasteiger partial charge in [-0.3, -0.25) is 4.79 Å². The molecule has 1 atom stereocenters. The van der Waals surface area contributed by atoms with Crippen molar-refractivity contribution in [2.75, 3.05) is 32.8 Å². The van der Waals surface area contributed by atoms with Crippen LogP contribution in [0.2, 0.25) is 0 Å². The summed E-state index contributed by atoms with van der Waals surface area (Å²) in [7, 11) is 0. The number of rotatable bonds is 3. The summed E-state index contributed by atoms with van der Waals surface area (Å²) < 4.78 is 7.60. The first-order valence-electron chi connectivity index (χ1n) is 8.16. The third kappa shape index (κ3) is 3.30. The van der Waals surface area contributed by atoms with Crippen molar-refractivity contribution < 1.29 is 9.53 Å². The van der Waals surface area contributed by atoms with Gasteiger partial charge in [-0.05, 0) is 0 Å². The van der Waals surface area contributed by atoms with Gasteiger partial charge in [0.05, 0.1) is 13.2 Å². The SMILES string of the molecule is CC(C)c1nnc2n1CCN(C(=O)C[C@H]1COCCN1)CC2. The summed E-state index contributed by atoms with van der Waals surface area (Å²) in [5.41, 5.74) is 0. The van der Waals surface area contributed by atoms with Crippen LogP contribution in [0.3, 0.4) is 0 Å². The minimum absolute atomic E-state index is 0.148. The number of ether oxygens (including phenoxy) is 1. The van der Waals surface area contributed by atoms with Crippen LogP contribution in [0.4, 0.5) is 0 Å². The van der Waals surface area contributed by atoms with Crippen LogP contribution in [0, 0.1) is 0 Å². The summed E-state index contributed by atoms with van der Waals surface area (Å²) in [6.07, 6.45) is 1.29. The van der Waals surface area contributed by atoms with Crippen molar-refractivity contribution in [3.05, 3.63) is 11.6 Å². The van der Waals surface area contributed by atoms with Crippen LogP contribution in [0.5, 0.6) is 0 Å². The van der Waals surface area contributed by atoms with Gasteiger partial charge in [0.2, 0.25) is 5.91 Å². The van der Waals surface area contributed by atoms with Crippen LogP contribution < -0.4 is 5.32 Å². The average molecular weight is 307 g/mol. The highest BCUT2D eigenvalue weighted by atomic mass is 16.5. The Hall–Kier alpha value is -1.47. The summed E-state index contributed by atoms with van der Waals surface area (Å²) in [6.45, 7) is 8.69. The first kappa shape index (κ1) is 15.4. The first-order valence-corrected chi connectivity index (χ1v) is 8.16. The molecule has 0 saturated carbocycles. The van der Waals surface area contributed by atoms with Crippen LogP contribution in [-0.4, -0.2) is 64.5 Å². The lowest BCUT2D eigenvalue weighted by Gasteiger charge is -2.27. The third-order valence-electron chi connectivity index (χ3n) is 4.34. The molecule has 7 nitrogen and oxygen atoms in total. The number of nitrogens with zero attached hydrogens (tertiary/aromatic N) is 4. The molecule has 2 aliphatic rings. The lowest BCUT2D eigenvalue weighted by Crippen LogP contribution is -2.45. The van der Waals surface area contributed by atoms with Gasteiger partial charge in [0.25, 0.3) is 0 Å². The van der Waals surface area contributed by atoms with Gasteiger partial charge in [0, 0.05) is 51.0 Å². The van der Waals surface area contributed by atoms with Crippen molar-refractivity contribution in [1.82, 2.24) is 25.0 Å². The van der Waals surface area contributed by atoms with E-state index >= 15 is 0 Å². The van der Waals surface area contributed by atoms with Crippen LogP contribution in [0.25, 0.3) is 0 Å². The van der Waals surface area contributed by atoms with E-state index in [9.17, 15) is 4.79 Å². The molecule has 1 fully saturated rings. The fourth-order valence-corrected chi connectivity index (χ4v) is 3.11. The summed E-state index contributed by atoms with van der Waals surface area (Å²) >= 11 is 0. The number of hydrogen-bond donors (Lipinski definition) is 1. The summed E-state index contributed by atoms with van der Waals surface area (Å²) in [4.78, 5) is 14.4. The Morgan fingerprint density at radius 1 is 1.36 bits per heavy atom. The van der Waals surface area contributed by atoms with Gasteiger partial charge in [-0.15, -0.1) is 10.2 Å². The average Bonchev–Trinajstić information content (AvgIpc) is 2.80. The Bertz CT molecular complexity index is 522. The van der Waals surface area contributed by atoms with Gasteiger partial charge >= 0.3 is 0 Å². The van der Waals surface area contributed by atoms with E-state index in [1.807, 2.05) is 4.90 Å². The molecule has 7 heteroatoms. The molecule has 0 spiro atoms.